The van der Waals surface area contributed by atoms with E-state index in [9.17, 15) is 19.8 Å². The fraction of sp³-hybridized carbons (Fsp3) is 0.304. The number of carboxylic acid groups (broad SMARTS) is 1. The third-order valence-electron chi connectivity index (χ3n) is 6.54. The van der Waals surface area contributed by atoms with Gasteiger partial charge < -0.3 is 10.2 Å². The first kappa shape index (κ1) is 21.7. The van der Waals surface area contributed by atoms with Crippen molar-refractivity contribution in [3.63, 3.8) is 0 Å². The van der Waals surface area contributed by atoms with Crippen molar-refractivity contribution >= 4 is 46.0 Å². The molecule has 4 rings (SSSR count). The molecule has 31 heavy (non-hydrogen) atoms. The number of nitrogens with zero attached hydrogens (tertiary/aromatic N) is 1. The van der Waals surface area contributed by atoms with Crippen molar-refractivity contribution in [1.29, 1.82) is 0 Å². The van der Waals surface area contributed by atoms with Crippen LogP contribution in [0.3, 0.4) is 0 Å². The number of carbonyl (C=O) groups excluding carboxylic acids is 1. The normalized spacial score (nSPS) is 16.2. The SMILES string of the molecule is Cc1c([C@](C)(C(=O)O)C2CCC2)c2c(F)c(O)ccc2n1C(=O)c1ccc(Cl)c(Cl)c1. The quantitative estimate of drug-likeness (QED) is 0.502. The summed E-state index contributed by atoms with van der Waals surface area (Å²) in [5.41, 5.74) is -0.493. The monoisotopic (exact) mass is 463 g/mol. The van der Waals surface area contributed by atoms with E-state index < -0.39 is 28.9 Å². The van der Waals surface area contributed by atoms with Crippen LogP contribution in [0.2, 0.25) is 10.0 Å². The number of carbonyl (C=O) groups is 2. The van der Waals surface area contributed by atoms with Gasteiger partial charge in [-0.05, 0) is 62.9 Å². The number of halogens is 3. The zero-order chi connectivity index (χ0) is 22.7. The van der Waals surface area contributed by atoms with E-state index in [0.717, 1.165) is 12.5 Å². The van der Waals surface area contributed by atoms with E-state index in [1.54, 1.807) is 13.8 Å². The molecule has 1 aliphatic rings. The lowest BCUT2D eigenvalue weighted by atomic mass is 9.62. The molecule has 162 valence electrons. The van der Waals surface area contributed by atoms with E-state index >= 15 is 4.39 Å². The van der Waals surface area contributed by atoms with E-state index in [4.69, 9.17) is 23.2 Å². The van der Waals surface area contributed by atoms with Crippen molar-refractivity contribution in [2.24, 2.45) is 5.92 Å². The second-order valence-corrected chi connectivity index (χ2v) is 8.97. The molecule has 1 aliphatic carbocycles. The zero-order valence-corrected chi connectivity index (χ0v) is 18.4. The number of phenolic OH excluding ortho intramolecular Hbond substituents is 1. The molecule has 8 heteroatoms. The number of phenols is 1. The maximum absolute atomic E-state index is 15.2. The number of hydrogen-bond acceptors (Lipinski definition) is 3. The van der Waals surface area contributed by atoms with E-state index in [-0.39, 0.29) is 38.0 Å². The molecule has 1 saturated carbocycles. The van der Waals surface area contributed by atoms with E-state index in [1.807, 2.05) is 0 Å². The number of fused-ring (bicyclic) bond motifs is 1. The van der Waals surface area contributed by atoms with Gasteiger partial charge in [0.2, 0.25) is 0 Å². The maximum Gasteiger partial charge on any atom is 0.314 e. The van der Waals surface area contributed by atoms with Gasteiger partial charge in [-0.3, -0.25) is 14.2 Å². The Morgan fingerprint density at radius 3 is 2.39 bits per heavy atom. The van der Waals surface area contributed by atoms with Crippen LogP contribution in [0.5, 0.6) is 5.75 Å². The van der Waals surface area contributed by atoms with Gasteiger partial charge in [-0.2, -0.15) is 0 Å². The number of aliphatic carboxylic acids is 1. The molecule has 0 amide bonds. The van der Waals surface area contributed by atoms with Crippen LogP contribution < -0.4 is 0 Å². The molecule has 2 aromatic carbocycles. The fourth-order valence-electron chi connectivity index (χ4n) is 4.58. The van der Waals surface area contributed by atoms with Crippen molar-refractivity contribution in [1.82, 2.24) is 4.57 Å². The summed E-state index contributed by atoms with van der Waals surface area (Å²) in [6.45, 7) is 3.17. The fourth-order valence-corrected chi connectivity index (χ4v) is 4.88. The van der Waals surface area contributed by atoms with Gasteiger partial charge in [-0.25, -0.2) is 4.39 Å². The molecule has 1 heterocycles. The lowest BCUT2D eigenvalue weighted by molar-refractivity contribution is -0.146. The molecule has 1 fully saturated rings. The third-order valence-corrected chi connectivity index (χ3v) is 7.28. The van der Waals surface area contributed by atoms with E-state index in [1.165, 1.54) is 28.8 Å². The minimum Gasteiger partial charge on any atom is -0.505 e. The molecule has 2 N–H and O–H groups in total. The first-order chi connectivity index (χ1) is 14.6. The molecule has 5 nitrogen and oxygen atoms in total. The molecule has 0 unspecified atom stereocenters. The summed E-state index contributed by atoms with van der Waals surface area (Å²) >= 11 is 12.0. The summed E-state index contributed by atoms with van der Waals surface area (Å²) in [5.74, 6) is -3.34. The van der Waals surface area contributed by atoms with Crippen LogP contribution in [-0.2, 0) is 10.2 Å². The maximum atomic E-state index is 15.2. The largest absolute Gasteiger partial charge is 0.505 e. The standard InChI is InChI=1S/C23H20Cl2FNO4/c1-11-19(23(2,22(30)31)13-4-3-5-13)18-16(8-9-17(28)20(18)26)27(11)21(29)12-6-7-14(24)15(25)10-12/h6-10,13,28H,3-5H2,1-2H3,(H,30,31)/t23-/m1/s1. The highest BCUT2D eigenvalue weighted by molar-refractivity contribution is 6.42. The molecular formula is C23H20Cl2FNO4. The summed E-state index contributed by atoms with van der Waals surface area (Å²) < 4.78 is 16.5. The number of rotatable bonds is 4. The number of hydrogen-bond donors (Lipinski definition) is 2. The van der Waals surface area contributed by atoms with Gasteiger partial charge in [-0.1, -0.05) is 29.6 Å². The summed E-state index contributed by atoms with van der Waals surface area (Å²) in [6.07, 6.45) is 2.27. The van der Waals surface area contributed by atoms with Gasteiger partial charge >= 0.3 is 5.97 Å². The van der Waals surface area contributed by atoms with Crippen LogP contribution in [0.25, 0.3) is 10.9 Å². The minimum absolute atomic E-state index is 0.0530. The van der Waals surface area contributed by atoms with Crippen molar-refractivity contribution in [3.8, 4) is 5.75 Å². The van der Waals surface area contributed by atoms with E-state index in [0.29, 0.717) is 18.5 Å². The Hall–Kier alpha value is -2.57. The van der Waals surface area contributed by atoms with Crippen LogP contribution >= 0.6 is 23.2 Å². The molecular weight excluding hydrogens is 444 g/mol. The van der Waals surface area contributed by atoms with Crippen LogP contribution in [0, 0.1) is 18.7 Å². The average Bonchev–Trinajstić information content (AvgIpc) is 2.97. The molecule has 3 aromatic rings. The lowest BCUT2D eigenvalue weighted by Crippen LogP contribution is -2.44. The highest BCUT2D eigenvalue weighted by Gasteiger charge is 2.49. The Kier molecular flexibility index (Phi) is 5.26. The van der Waals surface area contributed by atoms with Gasteiger partial charge in [0.1, 0.15) is 0 Å². The van der Waals surface area contributed by atoms with Crippen LogP contribution in [-0.4, -0.2) is 26.7 Å². The first-order valence-electron chi connectivity index (χ1n) is 9.85. The smallest absolute Gasteiger partial charge is 0.314 e. The molecule has 0 bridgehead atoms. The summed E-state index contributed by atoms with van der Waals surface area (Å²) in [4.78, 5) is 25.9. The predicted molar refractivity (Wildman–Crippen MR) is 117 cm³/mol. The van der Waals surface area contributed by atoms with Crippen LogP contribution in [0.15, 0.2) is 30.3 Å². The second-order valence-electron chi connectivity index (χ2n) is 8.16. The third kappa shape index (κ3) is 3.12. The molecule has 0 aliphatic heterocycles. The number of carboxylic acids is 1. The van der Waals surface area contributed by atoms with Crippen LogP contribution in [0.1, 0.15) is 47.8 Å². The van der Waals surface area contributed by atoms with Crippen molar-refractivity contribution < 1.29 is 24.2 Å². The zero-order valence-electron chi connectivity index (χ0n) is 16.9. The number of aromatic nitrogens is 1. The van der Waals surface area contributed by atoms with Crippen molar-refractivity contribution in [3.05, 3.63) is 63.0 Å². The van der Waals surface area contributed by atoms with Gasteiger partial charge in [0.15, 0.2) is 11.6 Å². The predicted octanol–water partition coefficient (Wildman–Crippen LogP) is 5.93. The number of benzene rings is 2. The molecule has 0 saturated heterocycles. The van der Waals surface area contributed by atoms with Gasteiger partial charge in [-0.15, -0.1) is 0 Å². The van der Waals surface area contributed by atoms with E-state index in [2.05, 4.69) is 0 Å². The molecule has 1 atom stereocenters. The van der Waals surface area contributed by atoms with Crippen molar-refractivity contribution in [2.45, 2.75) is 38.5 Å². The van der Waals surface area contributed by atoms with Crippen molar-refractivity contribution in [2.75, 3.05) is 0 Å². The summed E-state index contributed by atoms with van der Waals surface area (Å²) in [5, 5.41) is 20.6. The van der Waals surface area contributed by atoms with Gasteiger partial charge in [0.25, 0.3) is 5.91 Å². The Labute approximate surface area is 188 Å². The highest BCUT2D eigenvalue weighted by atomic mass is 35.5. The lowest BCUT2D eigenvalue weighted by Gasteiger charge is -2.40. The Morgan fingerprint density at radius 2 is 1.84 bits per heavy atom. The van der Waals surface area contributed by atoms with Crippen LogP contribution in [0.4, 0.5) is 4.39 Å². The second kappa shape index (κ2) is 7.53. The molecule has 1 aromatic heterocycles. The summed E-state index contributed by atoms with van der Waals surface area (Å²) in [6, 6.07) is 6.97. The van der Waals surface area contributed by atoms with Gasteiger partial charge in [0, 0.05) is 22.2 Å². The highest BCUT2D eigenvalue weighted by Crippen LogP contribution is 2.49. The summed E-state index contributed by atoms with van der Waals surface area (Å²) in [7, 11) is 0. The Balaban J connectivity index is 2.05. The molecule has 0 radical (unpaired) electrons. The molecule has 0 spiro atoms. The van der Waals surface area contributed by atoms with Gasteiger partial charge in [0.05, 0.1) is 21.0 Å². The Morgan fingerprint density at radius 1 is 1.16 bits per heavy atom. The Bertz CT molecular complexity index is 1250. The topological polar surface area (TPSA) is 79.5 Å². The number of aromatic hydroxyl groups is 1. The minimum atomic E-state index is -1.42. The average molecular weight is 464 g/mol. The first-order valence-corrected chi connectivity index (χ1v) is 10.6.